The number of nitro groups is 1. The molecule has 1 aromatic heterocycles. The largest absolute Gasteiger partial charge is 0.493 e. The molecule has 3 aromatic rings. The third-order valence-corrected chi connectivity index (χ3v) is 3.95. The van der Waals surface area contributed by atoms with Crippen LogP contribution in [0.2, 0.25) is 0 Å². The Hall–Kier alpha value is -3.53. The summed E-state index contributed by atoms with van der Waals surface area (Å²) in [5, 5.41) is 22.5. The third-order valence-electron chi connectivity index (χ3n) is 3.68. The van der Waals surface area contributed by atoms with Gasteiger partial charge in [0.15, 0.2) is 11.6 Å². The minimum Gasteiger partial charge on any atom is -0.493 e. The van der Waals surface area contributed by atoms with Gasteiger partial charge >= 0.3 is 5.69 Å². The fourth-order valence-electron chi connectivity index (χ4n) is 2.47. The van der Waals surface area contributed by atoms with Crippen molar-refractivity contribution >= 4 is 24.1 Å². The van der Waals surface area contributed by atoms with E-state index in [1.165, 1.54) is 31.2 Å². The van der Waals surface area contributed by atoms with Crippen molar-refractivity contribution in [1.29, 1.82) is 0 Å². The summed E-state index contributed by atoms with van der Waals surface area (Å²) in [6.07, 6.45) is 1.44. The molecule has 0 spiro atoms. The van der Waals surface area contributed by atoms with Crippen LogP contribution in [0, 0.1) is 14.9 Å². The summed E-state index contributed by atoms with van der Waals surface area (Å²) < 4.78 is 12.0. The maximum atomic E-state index is 11.3. The molecule has 0 aliphatic rings. The summed E-state index contributed by atoms with van der Waals surface area (Å²) in [6, 6.07) is 12.3. The van der Waals surface area contributed by atoms with E-state index < -0.39 is 4.92 Å². The lowest BCUT2D eigenvalue weighted by Crippen LogP contribution is -2.00. The predicted octanol–water partition coefficient (Wildman–Crippen LogP) is 3.42. The molecule has 9 nitrogen and oxygen atoms in total. The molecule has 1 N–H and O–H groups in total. The van der Waals surface area contributed by atoms with Crippen molar-refractivity contribution in [3.8, 4) is 22.9 Å². The molecule has 0 fully saturated rings. The maximum absolute atomic E-state index is 11.3. The summed E-state index contributed by atoms with van der Waals surface area (Å²) in [7, 11) is 2.75. The van der Waals surface area contributed by atoms with E-state index in [2.05, 4.69) is 15.3 Å². The van der Waals surface area contributed by atoms with Crippen LogP contribution in [0.4, 0.5) is 5.69 Å². The van der Waals surface area contributed by atoms with Crippen molar-refractivity contribution in [1.82, 2.24) is 14.9 Å². The van der Waals surface area contributed by atoms with Gasteiger partial charge in [0, 0.05) is 17.2 Å². The fraction of sp³-hybridized carbons (Fsp3) is 0.118. The van der Waals surface area contributed by atoms with E-state index in [-0.39, 0.29) is 17.2 Å². The quantitative estimate of drug-likeness (QED) is 0.301. The zero-order valence-corrected chi connectivity index (χ0v) is 15.3. The van der Waals surface area contributed by atoms with Crippen molar-refractivity contribution in [3.63, 3.8) is 0 Å². The lowest BCUT2D eigenvalue weighted by Gasteiger charge is -2.08. The molecule has 0 unspecified atom stereocenters. The van der Waals surface area contributed by atoms with Crippen molar-refractivity contribution < 1.29 is 14.4 Å². The van der Waals surface area contributed by atoms with Gasteiger partial charge in [0.25, 0.3) is 0 Å². The van der Waals surface area contributed by atoms with E-state index in [4.69, 9.17) is 21.7 Å². The van der Waals surface area contributed by atoms with Crippen molar-refractivity contribution in [2.45, 2.75) is 0 Å². The van der Waals surface area contributed by atoms with Crippen LogP contribution in [0.15, 0.2) is 47.6 Å². The third kappa shape index (κ3) is 3.70. The van der Waals surface area contributed by atoms with Gasteiger partial charge in [0.1, 0.15) is 0 Å². The molecule has 0 aliphatic heterocycles. The second kappa shape index (κ2) is 7.79. The summed E-state index contributed by atoms with van der Waals surface area (Å²) >= 11 is 5.22. The Labute approximate surface area is 159 Å². The number of nitrogens with one attached hydrogen (secondary N) is 1. The van der Waals surface area contributed by atoms with E-state index >= 15 is 0 Å². The Kier molecular flexibility index (Phi) is 5.27. The van der Waals surface area contributed by atoms with Crippen LogP contribution in [0.1, 0.15) is 5.56 Å². The van der Waals surface area contributed by atoms with Gasteiger partial charge in [-0.1, -0.05) is 30.3 Å². The molecule has 0 amide bonds. The van der Waals surface area contributed by atoms with Crippen LogP contribution < -0.4 is 9.47 Å². The zero-order chi connectivity index (χ0) is 19.4. The number of nitrogens with zero attached hydrogens (tertiary/aromatic N) is 4. The second-order valence-electron chi connectivity index (χ2n) is 5.31. The van der Waals surface area contributed by atoms with Gasteiger partial charge in [-0.15, -0.1) is 0 Å². The van der Waals surface area contributed by atoms with Gasteiger partial charge in [-0.05, 0) is 18.3 Å². The van der Waals surface area contributed by atoms with Gasteiger partial charge < -0.3 is 9.47 Å². The first-order chi connectivity index (χ1) is 13.0. The Bertz CT molecular complexity index is 1060. The first-order valence-corrected chi connectivity index (χ1v) is 8.13. The van der Waals surface area contributed by atoms with E-state index in [9.17, 15) is 10.1 Å². The van der Waals surface area contributed by atoms with Gasteiger partial charge in [0.05, 0.1) is 25.4 Å². The molecular formula is C17H15N5O4S. The maximum Gasteiger partial charge on any atom is 0.315 e. The molecule has 138 valence electrons. The number of H-pyrrole nitrogens is 1. The number of benzene rings is 2. The number of ether oxygens (including phenoxy) is 2. The highest BCUT2D eigenvalue weighted by molar-refractivity contribution is 7.71. The van der Waals surface area contributed by atoms with Gasteiger partial charge in [-0.2, -0.15) is 14.9 Å². The molecule has 0 saturated carbocycles. The average Bonchev–Trinajstić information content (AvgIpc) is 3.06. The van der Waals surface area contributed by atoms with Crippen molar-refractivity contribution in [2.24, 2.45) is 5.10 Å². The molecule has 10 heteroatoms. The first-order valence-electron chi connectivity index (χ1n) is 7.72. The number of hydrogen-bond donors (Lipinski definition) is 1. The number of nitro benzene ring substituents is 1. The van der Waals surface area contributed by atoms with Crippen LogP contribution in [-0.4, -0.2) is 40.2 Å². The number of rotatable bonds is 6. The molecule has 0 atom stereocenters. The number of hydrogen-bond acceptors (Lipinski definition) is 7. The Morgan fingerprint density at radius 2 is 2.00 bits per heavy atom. The summed E-state index contributed by atoms with van der Waals surface area (Å²) in [4.78, 5) is 10.8. The van der Waals surface area contributed by atoms with Crippen LogP contribution in [0.3, 0.4) is 0 Å². The molecular weight excluding hydrogens is 370 g/mol. The van der Waals surface area contributed by atoms with E-state index in [1.807, 2.05) is 30.3 Å². The molecule has 3 rings (SSSR count). The highest BCUT2D eigenvalue weighted by Crippen LogP contribution is 2.37. The van der Waals surface area contributed by atoms with Crippen molar-refractivity contribution in [2.75, 3.05) is 14.2 Å². The Morgan fingerprint density at radius 3 is 2.63 bits per heavy atom. The van der Waals surface area contributed by atoms with Crippen LogP contribution >= 0.6 is 12.2 Å². The minimum atomic E-state index is -0.544. The first kappa shape index (κ1) is 18.3. The number of aromatic amines is 1. The lowest BCUT2D eigenvalue weighted by atomic mass is 10.2. The highest BCUT2D eigenvalue weighted by atomic mass is 32.1. The van der Waals surface area contributed by atoms with E-state index in [0.29, 0.717) is 16.2 Å². The van der Waals surface area contributed by atoms with Gasteiger partial charge in [-0.3, -0.25) is 10.1 Å². The monoisotopic (exact) mass is 385 g/mol. The highest BCUT2D eigenvalue weighted by Gasteiger charge is 2.21. The van der Waals surface area contributed by atoms with E-state index in [0.717, 1.165) is 5.56 Å². The molecule has 27 heavy (non-hydrogen) atoms. The zero-order valence-electron chi connectivity index (χ0n) is 14.4. The SMILES string of the molecule is COc1cc(/C=N\n2c(-c3ccccc3)n[nH]c2=S)cc([N+](=O)[O-])c1OC. The summed E-state index contributed by atoms with van der Waals surface area (Å²) in [5.41, 5.74) is 1.04. The lowest BCUT2D eigenvalue weighted by molar-refractivity contribution is -0.385. The van der Waals surface area contributed by atoms with Crippen molar-refractivity contribution in [3.05, 3.63) is 62.9 Å². The standard InChI is InChI=1S/C17H15N5O4S/c1-25-14-9-11(8-13(22(23)24)15(14)26-2)10-18-21-16(19-20-17(21)27)12-6-4-3-5-7-12/h3-10H,1-2H3,(H,20,27)/b18-10-. The molecule has 0 aliphatic carbocycles. The van der Waals surface area contributed by atoms with Crippen LogP contribution in [0.5, 0.6) is 11.5 Å². The minimum absolute atomic E-state index is 0.0459. The van der Waals surface area contributed by atoms with Gasteiger partial charge in [0.2, 0.25) is 10.5 Å². The molecule has 2 aromatic carbocycles. The second-order valence-corrected chi connectivity index (χ2v) is 5.69. The average molecular weight is 385 g/mol. The predicted molar refractivity (Wildman–Crippen MR) is 102 cm³/mol. The normalized spacial score (nSPS) is 10.9. The summed E-state index contributed by atoms with van der Waals surface area (Å²) in [6.45, 7) is 0. The molecule has 0 saturated heterocycles. The Morgan fingerprint density at radius 1 is 1.26 bits per heavy atom. The van der Waals surface area contributed by atoms with E-state index in [1.54, 1.807) is 6.07 Å². The molecule has 0 bridgehead atoms. The fourth-order valence-corrected chi connectivity index (χ4v) is 2.65. The summed E-state index contributed by atoms with van der Waals surface area (Å²) in [5.74, 6) is 0.795. The van der Waals surface area contributed by atoms with Crippen LogP contribution in [0.25, 0.3) is 11.4 Å². The number of aromatic nitrogens is 3. The van der Waals surface area contributed by atoms with Crippen LogP contribution in [-0.2, 0) is 0 Å². The Balaban J connectivity index is 2.05. The number of methoxy groups -OCH3 is 2. The smallest absolute Gasteiger partial charge is 0.315 e. The molecule has 0 radical (unpaired) electrons. The van der Waals surface area contributed by atoms with Gasteiger partial charge in [-0.25, -0.2) is 5.10 Å². The molecule has 1 heterocycles. The topological polar surface area (TPSA) is 108 Å².